The van der Waals surface area contributed by atoms with E-state index in [1.165, 1.54) is 22.5 Å². The molecule has 1 saturated heterocycles. The van der Waals surface area contributed by atoms with Crippen molar-refractivity contribution in [1.29, 1.82) is 0 Å². The van der Waals surface area contributed by atoms with Gasteiger partial charge >= 0.3 is 0 Å². The molecule has 1 aromatic carbocycles. The molecule has 0 bridgehead atoms. The predicted molar refractivity (Wildman–Crippen MR) is 93.8 cm³/mol. The smallest absolute Gasteiger partial charge is 0.251 e. The largest absolute Gasteiger partial charge is 0.392 e. The van der Waals surface area contributed by atoms with E-state index in [0.717, 1.165) is 5.69 Å². The summed E-state index contributed by atoms with van der Waals surface area (Å²) < 4.78 is 26.5. The Balaban J connectivity index is 1.72. The van der Waals surface area contributed by atoms with Crippen molar-refractivity contribution in [1.82, 2.24) is 19.6 Å². The molecule has 1 aliphatic rings. The SMILES string of the molecule is Cc1cnc(CNC(=O)c2cccc(S(=O)(=O)N3CC[C@@H](O)C3)c2)cn1. The van der Waals surface area contributed by atoms with Gasteiger partial charge in [0.15, 0.2) is 0 Å². The maximum atomic E-state index is 12.6. The highest BCUT2D eigenvalue weighted by Crippen LogP contribution is 2.21. The molecule has 0 unspecified atom stereocenters. The Morgan fingerprint density at radius 2 is 2.15 bits per heavy atom. The highest BCUT2D eigenvalue weighted by Gasteiger charge is 2.31. The van der Waals surface area contributed by atoms with Crippen LogP contribution in [0.3, 0.4) is 0 Å². The van der Waals surface area contributed by atoms with Gasteiger partial charge in [0.25, 0.3) is 5.91 Å². The molecule has 1 aliphatic heterocycles. The first kappa shape index (κ1) is 18.4. The Labute approximate surface area is 152 Å². The van der Waals surface area contributed by atoms with E-state index in [1.807, 2.05) is 6.92 Å². The number of aryl methyl sites for hydroxylation is 1. The van der Waals surface area contributed by atoms with E-state index < -0.39 is 22.0 Å². The van der Waals surface area contributed by atoms with E-state index in [0.29, 0.717) is 12.1 Å². The van der Waals surface area contributed by atoms with Crippen LogP contribution >= 0.6 is 0 Å². The second-order valence-electron chi connectivity index (χ2n) is 6.17. The normalized spacial score (nSPS) is 18.0. The van der Waals surface area contributed by atoms with Gasteiger partial charge < -0.3 is 10.4 Å². The third kappa shape index (κ3) is 4.06. The van der Waals surface area contributed by atoms with Crippen LogP contribution in [0.4, 0.5) is 0 Å². The number of nitrogens with one attached hydrogen (secondary N) is 1. The van der Waals surface area contributed by atoms with E-state index in [1.54, 1.807) is 18.5 Å². The molecule has 1 fully saturated rings. The summed E-state index contributed by atoms with van der Waals surface area (Å²) in [6.07, 6.45) is 2.96. The van der Waals surface area contributed by atoms with Gasteiger partial charge in [-0.2, -0.15) is 4.31 Å². The van der Waals surface area contributed by atoms with E-state index in [9.17, 15) is 18.3 Å². The zero-order chi connectivity index (χ0) is 18.7. The Kier molecular flexibility index (Phi) is 5.30. The Hall–Kier alpha value is -2.36. The molecule has 8 nitrogen and oxygen atoms in total. The third-order valence-electron chi connectivity index (χ3n) is 4.12. The number of aliphatic hydroxyl groups excluding tert-OH is 1. The van der Waals surface area contributed by atoms with Crippen LogP contribution < -0.4 is 5.32 Å². The maximum Gasteiger partial charge on any atom is 0.251 e. The van der Waals surface area contributed by atoms with Crippen molar-refractivity contribution in [2.75, 3.05) is 13.1 Å². The van der Waals surface area contributed by atoms with Crippen molar-refractivity contribution >= 4 is 15.9 Å². The molecular formula is C17H20N4O4S. The Bertz CT molecular complexity index is 899. The van der Waals surface area contributed by atoms with Crippen LogP contribution in [0.15, 0.2) is 41.6 Å². The summed E-state index contributed by atoms with van der Waals surface area (Å²) in [4.78, 5) is 20.6. The van der Waals surface area contributed by atoms with Gasteiger partial charge in [-0.1, -0.05) is 6.07 Å². The number of carbonyl (C=O) groups excluding carboxylic acids is 1. The van der Waals surface area contributed by atoms with Gasteiger partial charge in [-0.15, -0.1) is 0 Å². The number of hydrogen-bond acceptors (Lipinski definition) is 6. The van der Waals surface area contributed by atoms with Gasteiger partial charge in [0, 0.05) is 24.8 Å². The van der Waals surface area contributed by atoms with E-state index in [-0.39, 0.29) is 30.1 Å². The standard InChI is InChI=1S/C17H20N4O4S/c1-12-8-19-14(9-18-12)10-20-17(23)13-3-2-4-16(7-13)26(24,25)21-6-5-15(22)11-21/h2-4,7-9,15,22H,5-6,10-11H2,1H3,(H,20,23)/t15-/m1/s1. The molecule has 2 aromatic rings. The van der Waals surface area contributed by atoms with Crippen molar-refractivity contribution in [2.24, 2.45) is 0 Å². The molecule has 2 N–H and O–H groups in total. The third-order valence-corrected chi connectivity index (χ3v) is 5.99. The molecule has 9 heteroatoms. The number of rotatable bonds is 5. The number of aliphatic hydroxyl groups is 1. The van der Waals surface area contributed by atoms with Crippen molar-refractivity contribution in [2.45, 2.75) is 30.9 Å². The topological polar surface area (TPSA) is 112 Å². The number of benzene rings is 1. The number of amides is 1. The molecule has 0 spiro atoms. The number of β-amino-alcohol motifs (C(OH)–C–C–N with tert-alkyl or cyclic N) is 1. The zero-order valence-corrected chi connectivity index (χ0v) is 15.1. The molecule has 2 heterocycles. The minimum Gasteiger partial charge on any atom is -0.392 e. The Morgan fingerprint density at radius 3 is 2.81 bits per heavy atom. The van der Waals surface area contributed by atoms with E-state index in [2.05, 4.69) is 15.3 Å². The van der Waals surface area contributed by atoms with Crippen molar-refractivity contribution in [3.8, 4) is 0 Å². The second kappa shape index (κ2) is 7.48. The monoisotopic (exact) mass is 376 g/mol. The van der Waals surface area contributed by atoms with Crippen molar-refractivity contribution in [3.63, 3.8) is 0 Å². The average Bonchev–Trinajstić information content (AvgIpc) is 3.08. The van der Waals surface area contributed by atoms with Crippen LogP contribution in [0.1, 0.15) is 28.2 Å². The maximum absolute atomic E-state index is 12.6. The van der Waals surface area contributed by atoms with Gasteiger partial charge in [-0.3, -0.25) is 14.8 Å². The first-order valence-electron chi connectivity index (χ1n) is 8.20. The van der Waals surface area contributed by atoms with Crippen molar-refractivity contribution in [3.05, 3.63) is 53.6 Å². The fourth-order valence-corrected chi connectivity index (χ4v) is 4.20. The van der Waals surface area contributed by atoms with Gasteiger partial charge in [0.2, 0.25) is 10.0 Å². The van der Waals surface area contributed by atoms with Crippen molar-refractivity contribution < 1.29 is 18.3 Å². The first-order chi connectivity index (χ1) is 12.4. The summed E-state index contributed by atoms with van der Waals surface area (Å²) in [6, 6.07) is 5.87. The lowest BCUT2D eigenvalue weighted by Gasteiger charge is -2.16. The average molecular weight is 376 g/mol. The zero-order valence-electron chi connectivity index (χ0n) is 14.3. The number of hydrogen-bond donors (Lipinski definition) is 2. The number of nitrogens with zero attached hydrogens (tertiary/aromatic N) is 3. The van der Waals surface area contributed by atoms with E-state index >= 15 is 0 Å². The molecule has 0 aliphatic carbocycles. The van der Waals surface area contributed by atoms with Gasteiger partial charge in [-0.05, 0) is 31.5 Å². The Morgan fingerprint density at radius 1 is 1.35 bits per heavy atom. The lowest BCUT2D eigenvalue weighted by atomic mass is 10.2. The molecule has 1 atom stereocenters. The highest BCUT2D eigenvalue weighted by atomic mass is 32.2. The summed E-state index contributed by atoms with van der Waals surface area (Å²) in [7, 11) is -3.73. The fraction of sp³-hybridized carbons (Fsp3) is 0.353. The second-order valence-corrected chi connectivity index (χ2v) is 8.10. The van der Waals surface area contributed by atoms with Gasteiger partial charge in [0.1, 0.15) is 0 Å². The molecular weight excluding hydrogens is 356 g/mol. The molecule has 138 valence electrons. The first-order valence-corrected chi connectivity index (χ1v) is 9.64. The lowest BCUT2D eigenvalue weighted by molar-refractivity contribution is 0.0950. The molecule has 0 saturated carbocycles. The fourth-order valence-electron chi connectivity index (χ4n) is 2.66. The number of sulfonamides is 1. The van der Waals surface area contributed by atoms with Gasteiger partial charge in [-0.25, -0.2) is 8.42 Å². The summed E-state index contributed by atoms with van der Waals surface area (Å²) in [5, 5.41) is 12.3. The summed E-state index contributed by atoms with van der Waals surface area (Å²) in [5.41, 5.74) is 1.63. The van der Waals surface area contributed by atoms with E-state index in [4.69, 9.17) is 0 Å². The molecule has 1 aromatic heterocycles. The lowest BCUT2D eigenvalue weighted by Crippen LogP contribution is -2.30. The summed E-state index contributed by atoms with van der Waals surface area (Å²) >= 11 is 0. The molecule has 3 rings (SSSR count). The van der Waals surface area contributed by atoms with Crippen LogP contribution in [-0.4, -0.2) is 52.9 Å². The highest BCUT2D eigenvalue weighted by molar-refractivity contribution is 7.89. The van der Waals surface area contributed by atoms with Crippen LogP contribution in [0, 0.1) is 6.92 Å². The minimum atomic E-state index is -3.73. The molecule has 26 heavy (non-hydrogen) atoms. The van der Waals surface area contributed by atoms with Crippen LogP contribution in [0.25, 0.3) is 0 Å². The predicted octanol–water partition coefficient (Wildman–Crippen LogP) is 0.470. The van der Waals surface area contributed by atoms with Crippen LogP contribution in [0.2, 0.25) is 0 Å². The minimum absolute atomic E-state index is 0.0365. The molecule has 1 amide bonds. The van der Waals surface area contributed by atoms with Crippen LogP contribution in [0.5, 0.6) is 0 Å². The summed E-state index contributed by atoms with van der Waals surface area (Å²) in [5.74, 6) is -0.397. The molecule has 0 radical (unpaired) electrons. The quantitative estimate of drug-likeness (QED) is 0.784. The van der Waals surface area contributed by atoms with Gasteiger partial charge in [0.05, 0.1) is 35.1 Å². The number of carbonyl (C=O) groups is 1. The summed E-state index contributed by atoms with van der Waals surface area (Å²) in [6.45, 7) is 2.36. The van der Waals surface area contributed by atoms with Crippen LogP contribution in [-0.2, 0) is 16.6 Å². The number of aromatic nitrogens is 2.